The Morgan fingerprint density at radius 2 is 2.00 bits per heavy atom. The lowest BCUT2D eigenvalue weighted by molar-refractivity contribution is -0.136. The quantitative estimate of drug-likeness (QED) is 0.544. The van der Waals surface area contributed by atoms with Crippen LogP contribution >= 0.6 is 0 Å². The van der Waals surface area contributed by atoms with Crippen LogP contribution in [0, 0.1) is 23.6 Å². The van der Waals surface area contributed by atoms with E-state index in [2.05, 4.69) is 14.9 Å². The van der Waals surface area contributed by atoms with Crippen LogP contribution in [-0.4, -0.2) is 47.3 Å². The molecule has 1 N–H and O–H groups in total. The Morgan fingerprint density at radius 1 is 1.24 bits per heavy atom. The van der Waals surface area contributed by atoms with Gasteiger partial charge in [-0.1, -0.05) is 6.07 Å². The van der Waals surface area contributed by atoms with Crippen LogP contribution in [0.15, 0.2) is 30.6 Å². The van der Waals surface area contributed by atoms with Gasteiger partial charge in [-0.15, -0.1) is 0 Å². The van der Waals surface area contributed by atoms with Crippen molar-refractivity contribution in [1.82, 2.24) is 9.97 Å². The number of anilines is 1. The van der Waals surface area contributed by atoms with Gasteiger partial charge in [-0.3, -0.25) is 4.79 Å². The Labute approximate surface area is 193 Å². The summed E-state index contributed by atoms with van der Waals surface area (Å²) in [7, 11) is 0. The highest BCUT2D eigenvalue weighted by molar-refractivity contribution is 5.70. The van der Waals surface area contributed by atoms with E-state index in [1.807, 2.05) is 19.3 Å². The van der Waals surface area contributed by atoms with Crippen molar-refractivity contribution in [3.8, 4) is 5.75 Å². The van der Waals surface area contributed by atoms with Gasteiger partial charge in [-0.25, -0.2) is 14.4 Å². The van der Waals surface area contributed by atoms with E-state index in [0.29, 0.717) is 31.5 Å². The van der Waals surface area contributed by atoms with Crippen molar-refractivity contribution in [3.05, 3.63) is 47.5 Å². The molecule has 2 aliphatic rings. The molecule has 4 rings (SSSR count). The van der Waals surface area contributed by atoms with Crippen molar-refractivity contribution in [2.45, 2.75) is 45.6 Å². The Balaban J connectivity index is 1.16. The van der Waals surface area contributed by atoms with Crippen molar-refractivity contribution < 1.29 is 23.8 Å². The van der Waals surface area contributed by atoms with E-state index < -0.39 is 11.8 Å². The van der Waals surface area contributed by atoms with E-state index in [-0.39, 0.29) is 12.0 Å². The Hall–Kier alpha value is -2.74. The van der Waals surface area contributed by atoms with Gasteiger partial charge >= 0.3 is 5.97 Å². The molecule has 1 saturated heterocycles. The molecule has 0 radical (unpaired) electrons. The summed E-state index contributed by atoms with van der Waals surface area (Å²) in [4.78, 5) is 22.0. The van der Waals surface area contributed by atoms with Gasteiger partial charge in [0, 0.05) is 43.7 Å². The van der Waals surface area contributed by atoms with Crippen LogP contribution in [0.5, 0.6) is 5.75 Å². The number of carboxylic acids is 1. The van der Waals surface area contributed by atoms with Crippen molar-refractivity contribution >= 4 is 11.9 Å². The lowest BCUT2D eigenvalue weighted by Crippen LogP contribution is -2.35. The fourth-order valence-electron chi connectivity index (χ4n) is 4.77. The fraction of sp³-hybridized carbons (Fsp3) is 0.560. The molecule has 33 heavy (non-hydrogen) atoms. The van der Waals surface area contributed by atoms with Crippen LogP contribution in [0.4, 0.5) is 10.3 Å². The first-order chi connectivity index (χ1) is 16.0. The Morgan fingerprint density at radius 3 is 2.67 bits per heavy atom. The highest BCUT2D eigenvalue weighted by Gasteiger charge is 2.43. The molecule has 7 nitrogen and oxygen atoms in total. The number of hydrogen-bond acceptors (Lipinski definition) is 6. The lowest BCUT2D eigenvalue weighted by Gasteiger charge is -2.32. The summed E-state index contributed by atoms with van der Waals surface area (Å²) in [6.07, 6.45) is 7.90. The zero-order valence-corrected chi connectivity index (χ0v) is 19.1. The van der Waals surface area contributed by atoms with E-state index in [1.165, 1.54) is 18.6 Å². The first-order valence-electron chi connectivity index (χ1n) is 11.8. The maximum atomic E-state index is 14.0. The zero-order valence-electron chi connectivity index (χ0n) is 19.1. The van der Waals surface area contributed by atoms with Crippen LogP contribution in [0.25, 0.3) is 0 Å². The third-order valence-corrected chi connectivity index (χ3v) is 6.69. The summed E-state index contributed by atoms with van der Waals surface area (Å²) >= 11 is 0. The third-order valence-electron chi connectivity index (χ3n) is 6.69. The molecule has 0 spiro atoms. The summed E-state index contributed by atoms with van der Waals surface area (Å²) in [6.45, 7) is 5.73. The number of carbonyl (C=O) groups is 1. The van der Waals surface area contributed by atoms with Crippen LogP contribution in [0.1, 0.15) is 43.7 Å². The second-order valence-electron chi connectivity index (χ2n) is 8.97. The number of hydrogen-bond donors (Lipinski definition) is 1. The number of aliphatic carboxylic acids is 1. The predicted molar refractivity (Wildman–Crippen MR) is 122 cm³/mol. The highest BCUT2D eigenvalue weighted by Crippen LogP contribution is 2.49. The van der Waals surface area contributed by atoms with Crippen LogP contribution in [0.3, 0.4) is 0 Å². The third kappa shape index (κ3) is 6.41. The summed E-state index contributed by atoms with van der Waals surface area (Å²) < 4.78 is 25.1. The molecule has 2 heterocycles. The topological polar surface area (TPSA) is 84.8 Å². The molecular formula is C25H32FN3O4. The molecule has 2 atom stereocenters. The number of aromatic nitrogens is 2. The van der Waals surface area contributed by atoms with Gasteiger partial charge in [0.2, 0.25) is 5.95 Å². The van der Waals surface area contributed by atoms with Crippen molar-refractivity contribution in [1.29, 1.82) is 0 Å². The monoisotopic (exact) mass is 457 g/mol. The number of nitrogens with zero attached hydrogens (tertiary/aromatic N) is 3. The second kappa shape index (κ2) is 10.9. The van der Waals surface area contributed by atoms with Gasteiger partial charge in [0.15, 0.2) is 0 Å². The van der Waals surface area contributed by atoms with E-state index in [9.17, 15) is 9.18 Å². The lowest BCUT2D eigenvalue weighted by atomic mass is 9.90. The SMILES string of the molecule is CCOCc1cnc(N2CCC([C@H]3C[C@H]3CCOc3ccc(CC(=O)O)c(F)c3)CC2)nc1. The molecule has 0 unspecified atom stereocenters. The smallest absolute Gasteiger partial charge is 0.307 e. The second-order valence-corrected chi connectivity index (χ2v) is 8.97. The molecule has 0 amide bonds. The van der Waals surface area contributed by atoms with Gasteiger partial charge in [0.25, 0.3) is 0 Å². The van der Waals surface area contributed by atoms with Gasteiger partial charge in [0.05, 0.1) is 19.6 Å². The first-order valence-corrected chi connectivity index (χ1v) is 11.8. The van der Waals surface area contributed by atoms with Gasteiger partial charge < -0.3 is 19.5 Å². The van der Waals surface area contributed by atoms with Crippen LogP contribution in [0.2, 0.25) is 0 Å². The summed E-state index contributed by atoms with van der Waals surface area (Å²) in [5.74, 6) is 1.84. The molecule has 1 aliphatic heterocycles. The maximum Gasteiger partial charge on any atom is 0.307 e. The molecule has 1 aromatic carbocycles. The summed E-state index contributed by atoms with van der Waals surface area (Å²) in [5, 5.41) is 8.80. The number of carboxylic acid groups (broad SMARTS) is 1. The molecular weight excluding hydrogens is 425 g/mol. The zero-order chi connectivity index (χ0) is 23.2. The average Bonchev–Trinajstić information content (AvgIpc) is 3.59. The minimum Gasteiger partial charge on any atom is -0.493 e. The highest BCUT2D eigenvalue weighted by atomic mass is 19.1. The molecule has 1 aromatic heterocycles. The average molecular weight is 458 g/mol. The van der Waals surface area contributed by atoms with Gasteiger partial charge in [0.1, 0.15) is 11.6 Å². The molecule has 1 saturated carbocycles. The van der Waals surface area contributed by atoms with E-state index in [1.54, 1.807) is 6.07 Å². The molecule has 178 valence electrons. The van der Waals surface area contributed by atoms with E-state index >= 15 is 0 Å². The standard InChI is InChI=1S/C25H32FN3O4/c1-2-32-16-17-14-27-25(28-15-17)29-8-5-18(6-9-29)22-11-19(22)7-10-33-21-4-3-20(12-24(30)31)23(26)13-21/h3-4,13-15,18-19,22H,2,5-12,16H2,1H3,(H,30,31)/t19-,22-/m1/s1. The molecule has 0 bridgehead atoms. The van der Waals surface area contributed by atoms with Crippen LogP contribution < -0.4 is 9.64 Å². The first kappa shape index (κ1) is 23.4. The number of ether oxygens (including phenoxy) is 2. The van der Waals surface area contributed by atoms with Crippen LogP contribution in [-0.2, 0) is 22.6 Å². The maximum absolute atomic E-state index is 14.0. The number of piperidine rings is 1. The normalized spacial score (nSPS) is 20.6. The summed E-state index contributed by atoms with van der Waals surface area (Å²) in [6, 6.07) is 4.42. The van der Waals surface area contributed by atoms with Crippen molar-refractivity contribution in [2.24, 2.45) is 17.8 Å². The Bertz CT molecular complexity index is 932. The summed E-state index contributed by atoms with van der Waals surface area (Å²) in [5.41, 5.74) is 1.17. The fourth-order valence-corrected chi connectivity index (χ4v) is 4.77. The predicted octanol–water partition coefficient (Wildman–Crippen LogP) is 4.10. The number of halogens is 1. The van der Waals surface area contributed by atoms with E-state index in [4.69, 9.17) is 14.6 Å². The van der Waals surface area contributed by atoms with Gasteiger partial charge in [-0.2, -0.15) is 0 Å². The molecule has 2 aromatic rings. The van der Waals surface area contributed by atoms with Gasteiger partial charge in [-0.05, 0) is 62.0 Å². The molecule has 8 heteroatoms. The minimum atomic E-state index is -1.05. The largest absolute Gasteiger partial charge is 0.493 e. The Kier molecular flexibility index (Phi) is 7.75. The van der Waals surface area contributed by atoms with Crippen molar-refractivity contribution in [2.75, 3.05) is 31.2 Å². The molecule has 1 aliphatic carbocycles. The molecule has 2 fully saturated rings. The van der Waals surface area contributed by atoms with Crippen molar-refractivity contribution in [3.63, 3.8) is 0 Å². The number of benzene rings is 1. The number of rotatable bonds is 11. The minimum absolute atomic E-state index is 0.176. The van der Waals surface area contributed by atoms with E-state index in [0.717, 1.165) is 55.7 Å².